The van der Waals surface area contributed by atoms with Crippen molar-refractivity contribution in [3.8, 4) is 11.1 Å². The molecule has 0 aromatic heterocycles. The summed E-state index contributed by atoms with van der Waals surface area (Å²) in [4.78, 5) is 40.4. The molecule has 5 rings (SSSR count). The lowest BCUT2D eigenvalue weighted by Gasteiger charge is -2.28. The van der Waals surface area contributed by atoms with Gasteiger partial charge in [-0.15, -0.1) is 0 Å². The van der Waals surface area contributed by atoms with Crippen LogP contribution in [0.2, 0.25) is 0 Å². The van der Waals surface area contributed by atoms with Crippen LogP contribution >= 0.6 is 0 Å². The molecule has 0 radical (unpaired) electrons. The van der Waals surface area contributed by atoms with Crippen LogP contribution in [-0.2, 0) is 20.9 Å². The van der Waals surface area contributed by atoms with Gasteiger partial charge in [0.2, 0.25) is 5.91 Å². The van der Waals surface area contributed by atoms with Crippen LogP contribution in [0.1, 0.15) is 49.3 Å². The lowest BCUT2D eigenvalue weighted by atomic mass is 9.96. The molecule has 2 amide bonds. The maximum atomic E-state index is 13.1. The van der Waals surface area contributed by atoms with Crippen molar-refractivity contribution >= 4 is 18.0 Å². The van der Waals surface area contributed by atoms with Crippen LogP contribution in [-0.4, -0.2) is 59.3 Å². The van der Waals surface area contributed by atoms with Crippen LogP contribution in [0.5, 0.6) is 0 Å². The molecule has 8 heteroatoms. The lowest BCUT2D eigenvalue weighted by molar-refractivity contribution is -0.147. The molecule has 214 valence electrons. The Morgan fingerprint density at radius 1 is 0.951 bits per heavy atom. The Morgan fingerprint density at radius 2 is 1.56 bits per heavy atom. The third-order valence-electron chi connectivity index (χ3n) is 8.24. The molecule has 2 aliphatic rings. The first kappa shape index (κ1) is 28.4. The Hall–Kier alpha value is -4.17. The Kier molecular flexibility index (Phi) is 8.40. The number of amides is 2. The zero-order valence-electron chi connectivity index (χ0n) is 23.5. The highest BCUT2D eigenvalue weighted by atomic mass is 16.5. The summed E-state index contributed by atoms with van der Waals surface area (Å²) in [6.45, 7) is 5.39. The Balaban J connectivity index is 1.17. The summed E-state index contributed by atoms with van der Waals surface area (Å²) in [7, 11) is 0. The summed E-state index contributed by atoms with van der Waals surface area (Å²) >= 11 is 0. The van der Waals surface area contributed by atoms with Gasteiger partial charge in [-0.05, 0) is 40.2 Å². The molecule has 3 aromatic rings. The number of hydrogen-bond donors (Lipinski definition) is 3. The van der Waals surface area contributed by atoms with Crippen molar-refractivity contribution in [1.82, 2.24) is 15.5 Å². The monoisotopic (exact) mass is 555 g/mol. The van der Waals surface area contributed by atoms with E-state index in [2.05, 4.69) is 34.9 Å². The quantitative estimate of drug-likeness (QED) is 0.332. The highest BCUT2D eigenvalue weighted by molar-refractivity contribution is 5.88. The predicted molar refractivity (Wildman–Crippen MR) is 156 cm³/mol. The highest BCUT2D eigenvalue weighted by Crippen LogP contribution is 2.44. The lowest BCUT2D eigenvalue weighted by Crippen LogP contribution is -2.57. The minimum Gasteiger partial charge on any atom is -0.479 e. The number of alkyl carbamates (subject to hydrolysis) is 1. The average molecular weight is 556 g/mol. The highest BCUT2D eigenvalue weighted by Gasteiger charge is 2.46. The number of nitrogens with zero attached hydrogens (tertiary/aromatic N) is 1. The molecule has 0 spiro atoms. The van der Waals surface area contributed by atoms with Gasteiger partial charge in [0, 0.05) is 38.0 Å². The van der Waals surface area contributed by atoms with Crippen molar-refractivity contribution < 1.29 is 24.2 Å². The summed E-state index contributed by atoms with van der Waals surface area (Å²) in [5, 5.41) is 15.7. The number of aliphatic carboxylic acids is 1. The SMILES string of the molecule is CC(C)[C@H](CC(=O)NC1(C(=O)O)CCN(Cc2ccccc2)C1)NC(=O)OCC1c2ccccc2-c2ccccc21. The number of carbonyl (C=O) groups is 3. The Bertz CT molecular complexity index is 1360. The van der Waals surface area contributed by atoms with Crippen molar-refractivity contribution in [2.75, 3.05) is 19.7 Å². The van der Waals surface area contributed by atoms with Crippen LogP contribution in [0.15, 0.2) is 78.9 Å². The number of carboxylic acid groups (broad SMARTS) is 1. The maximum Gasteiger partial charge on any atom is 0.407 e. The molecule has 3 aromatic carbocycles. The fourth-order valence-electron chi connectivity index (χ4n) is 5.96. The minimum atomic E-state index is -1.36. The zero-order valence-corrected chi connectivity index (χ0v) is 23.5. The molecule has 1 aliphatic carbocycles. The fourth-order valence-corrected chi connectivity index (χ4v) is 5.96. The van der Waals surface area contributed by atoms with Crippen LogP contribution in [0.25, 0.3) is 11.1 Å². The van der Waals surface area contributed by atoms with E-state index in [1.165, 1.54) is 0 Å². The number of hydrogen-bond acceptors (Lipinski definition) is 5. The van der Waals surface area contributed by atoms with Crippen LogP contribution in [0, 0.1) is 5.92 Å². The number of benzene rings is 3. The topological polar surface area (TPSA) is 108 Å². The molecule has 1 fully saturated rings. The molecule has 3 N–H and O–H groups in total. The van der Waals surface area contributed by atoms with E-state index in [4.69, 9.17) is 4.74 Å². The van der Waals surface area contributed by atoms with E-state index >= 15 is 0 Å². The van der Waals surface area contributed by atoms with Crippen molar-refractivity contribution in [1.29, 1.82) is 0 Å². The van der Waals surface area contributed by atoms with E-state index < -0.39 is 29.6 Å². The molecule has 0 bridgehead atoms. The average Bonchev–Trinajstić information content (AvgIpc) is 3.51. The maximum absolute atomic E-state index is 13.1. The molecule has 1 saturated heterocycles. The summed E-state index contributed by atoms with van der Waals surface area (Å²) in [6.07, 6.45) is -0.330. The van der Waals surface area contributed by atoms with Gasteiger partial charge >= 0.3 is 12.1 Å². The standard InChI is InChI=1S/C33H37N3O5/c1-22(2)29(18-30(37)35-33(31(38)39)16-17-36(21-33)19-23-10-4-3-5-11-23)34-32(40)41-20-28-26-14-8-6-12-24(26)25-13-7-9-15-27(25)28/h3-15,22,28-29H,16-21H2,1-2H3,(H,34,40)(H,35,37)(H,38,39)/t29-,33?/m0/s1. The van der Waals surface area contributed by atoms with E-state index in [1.54, 1.807) is 0 Å². The molecule has 8 nitrogen and oxygen atoms in total. The second-order valence-electron chi connectivity index (χ2n) is 11.4. The van der Waals surface area contributed by atoms with Gasteiger partial charge in [0.05, 0.1) is 0 Å². The molecule has 1 heterocycles. The van der Waals surface area contributed by atoms with Gasteiger partial charge in [-0.3, -0.25) is 9.69 Å². The number of nitrogens with one attached hydrogen (secondary N) is 2. The van der Waals surface area contributed by atoms with E-state index in [-0.39, 0.29) is 31.4 Å². The van der Waals surface area contributed by atoms with E-state index in [1.807, 2.05) is 73.3 Å². The van der Waals surface area contributed by atoms with Crippen molar-refractivity contribution in [2.45, 2.75) is 50.7 Å². The molecule has 41 heavy (non-hydrogen) atoms. The Labute approximate surface area is 240 Å². The number of likely N-dealkylation sites (tertiary alicyclic amines) is 1. The van der Waals surface area contributed by atoms with Gasteiger partial charge in [0.1, 0.15) is 6.61 Å². The number of ether oxygens (including phenoxy) is 1. The van der Waals surface area contributed by atoms with E-state index in [0.29, 0.717) is 19.5 Å². The van der Waals surface area contributed by atoms with Crippen LogP contribution < -0.4 is 10.6 Å². The van der Waals surface area contributed by atoms with Crippen molar-refractivity contribution in [3.05, 3.63) is 95.6 Å². The smallest absolute Gasteiger partial charge is 0.407 e. The molecule has 2 atom stereocenters. The van der Waals surface area contributed by atoms with Gasteiger partial charge in [-0.25, -0.2) is 9.59 Å². The summed E-state index contributed by atoms with van der Waals surface area (Å²) in [6, 6.07) is 25.6. The number of fused-ring (bicyclic) bond motifs is 3. The van der Waals surface area contributed by atoms with Crippen LogP contribution in [0.4, 0.5) is 4.79 Å². The molecule has 0 saturated carbocycles. The third kappa shape index (κ3) is 6.28. The summed E-state index contributed by atoms with van der Waals surface area (Å²) < 4.78 is 5.68. The predicted octanol–water partition coefficient (Wildman–Crippen LogP) is 4.79. The number of rotatable bonds is 10. The van der Waals surface area contributed by atoms with Crippen molar-refractivity contribution in [2.24, 2.45) is 5.92 Å². The molecular weight excluding hydrogens is 518 g/mol. The summed E-state index contributed by atoms with van der Waals surface area (Å²) in [5.74, 6) is -1.59. The normalized spacial score (nSPS) is 18.9. The van der Waals surface area contributed by atoms with E-state index in [9.17, 15) is 19.5 Å². The zero-order chi connectivity index (χ0) is 29.0. The summed E-state index contributed by atoms with van der Waals surface area (Å²) in [5.41, 5.74) is 4.27. The number of carboxylic acids is 1. The van der Waals surface area contributed by atoms with Crippen LogP contribution in [0.3, 0.4) is 0 Å². The second-order valence-corrected chi connectivity index (χ2v) is 11.4. The number of carbonyl (C=O) groups excluding carboxylic acids is 2. The second kappa shape index (κ2) is 12.1. The van der Waals surface area contributed by atoms with Crippen molar-refractivity contribution in [3.63, 3.8) is 0 Å². The first-order valence-corrected chi connectivity index (χ1v) is 14.2. The largest absolute Gasteiger partial charge is 0.479 e. The van der Waals surface area contributed by atoms with Gasteiger partial charge in [-0.1, -0.05) is 92.7 Å². The first-order valence-electron chi connectivity index (χ1n) is 14.2. The molecule has 1 unspecified atom stereocenters. The molecular formula is C33H37N3O5. The van der Waals surface area contributed by atoms with Gasteiger partial charge in [0.15, 0.2) is 5.54 Å². The first-order chi connectivity index (χ1) is 19.8. The fraction of sp³-hybridized carbons (Fsp3) is 0.364. The third-order valence-corrected chi connectivity index (χ3v) is 8.24. The van der Waals surface area contributed by atoms with Gasteiger partial charge in [-0.2, -0.15) is 0 Å². The van der Waals surface area contributed by atoms with Gasteiger partial charge in [0.25, 0.3) is 0 Å². The van der Waals surface area contributed by atoms with Gasteiger partial charge < -0.3 is 20.5 Å². The Morgan fingerprint density at radius 3 is 2.17 bits per heavy atom. The molecule has 1 aliphatic heterocycles. The minimum absolute atomic E-state index is 0.0461. The van der Waals surface area contributed by atoms with E-state index in [0.717, 1.165) is 27.8 Å².